The van der Waals surface area contributed by atoms with Crippen LogP contribution in [0.1, 0.15) is 43.7 Å². The molecule has 3 rings (SSSR count). The minimum Gasteiger partial charge on any atom is -0.457 e. The standard InChI is InChI=1S/C22H26O4/c1-2-25-22(17-11-5-3-6-12-17,18-13-7-4-8-14-18)21(24)26-20-16-10-9-15-19(20)23/h3-8,11-14,19-20,23H,2,9-10,15-16H2,1H3/t19-,20+/m1/s1. The van der Waals surface area contributed by atoms with Crippen LogP contribution in [0, 0.1) is 0 Å². The van der Waals surface area contributed by atoms with E-state index in [1.807, 2.05) is 67.6 Å². The summed E-state index contributed by atoms with van der Waals surface area (Å²) in [4.78, 5) is 13.4. The summed E-state index contributed by atoms with van der Waals surface area (Å²) in [7, 11) is 0. The van der Waals surface area contributed by atoms with Crippen LogP contribution >= 0.6 is 0 Å². The van der Waals surface area contributed by atoms with E-state index >= 15 is 0 Å². The van der Waals surface area contributed by atoms with E-state index in [1.165, 1.54) is 0 Å². The SMILES string of the molecule is CCOC(C(=O)O[C@H]1CCCC[C@H]1O)(c1ccccc1)c1ccccc1. The molecular formula is C22H26O4. The molecule has 4 heteroatoms. The van der Waals surface area contributed by atoms with Crippen LogP contribution < -0.4 is 0 Å². The fourth-order valence-corrected chi connectivity index (χ4v) is 3.63. The van der Waals surface area contributed by atoms with Crippen molar-refractivity contribution in [2.45, 2.75) is 50.4 Å². The highest BCUT2D eigenvalue weighted by Gasteiger charge is 2.46. The Kier molecular flexibility index (Phi) is 6.07. The number of carbonyl (C=O) groups is 1. The van der Waals surface area contributed by atoms with Crippen molar-refractivity contribution in [3.63, 3.8) is 0 Å². The van der Waals surface area contributed by atoms with Crippen LogP contribution in [0.4, 0.5) is 0 Å². The maximum absolute atomic E-state index is 13.4. The second kappa shape index (κ2) is 8.47. The predicted molar refractivity (Wildman–Crippen MR) is 99.6 cm³/mol. The number of esters is 1. The van der Waals surface area contributed by atoms with Crippen molar-refractivity contribution in [2.24, 2.45) is 0 Å². The van der Waals surface area contributed by atoms with Crippen LogP contribution in [-0.2, 0) is 19.9 Å². The number of ether oxygens (including phenoxy) is 2. The van der Waals surface area contributed by atoms with E-state index in [0.717, 1.165) is 24.0 Å². The summed E-state index contributed by atoms with van der Waals surface area (Å²) >= 11 is 0. The van der Waals surface area contributed by atoms with Crippen molar-refractivity contribution < 1.29 is 19.4 Å². The molecule has 4 nitrogen and oxygen atoms in total. The Morgan fingerprint density at radius 1 is 1.00 bits per heavy atom. The lowest BCUT2D eigenvalue weighted by molar-refractivity contribution is -0.181. The van der Waals surface area contributed by atoms with E-state index in [9.17, 15) is 9.90 Å². The first-order valence-electron chi connectivity index (χ1n) is 9.32. The summed E-state index contributed by atoms with van der Waals surface area (Å²) in [6.07, 6.45) is 2.16. The van der Waals surface area contributed by atoms with Gasteiger partial charge in [0, 0.05) is 6.61 Å². The number of aliphatic hydroxyl groups is 1. The van der Waals surface area contributed by atoms with Crippen molar-refractivity contribution in [3.05, 3.63) is 71.8 Å². The fourth-order valence-electron chi connectivity index (χ4n) is 3.63. The number of benzene rings is 2. The number of carbonyl (C=O) groups excluding carboxylic acids is 1. The molecule has 1 aliphatic carbocycles. The average Bonchev–Trinajstić information content (AvgIpc) is 2.69. The summed E-state index contributed by atoms with van der Waals surface area (Å²) in [5.74, 6) is -0.470. The smallest absolute Gasteiger partial charge is 0.348 e. The van der Waals surface area contributed by atoms with Gasteiger partial charge in [0.05, 0.1) is 6.10 Å². The molecule has 0 radical (unpaired) electrons. The van der Waals surface area contributed by atoms with Gasteiger partial charge >= 0.3 is 5.97 Å². The highest BCUT2D eigenvalue weighted by atomic mass is 16.6. The third kappa shape index (κ3) is 3.67. The second-order valence-electron chi connectivity index (χ2n) is 6.64. The highest BCUT2D eigenvalue weighted by molar-refractivity contribution is 5.86. The molecule has 2 aromatic rings. The van der Waals surface area contributed by atoms with E-state index < -0.39 is 23.8 Å². The maximum Gasteiger partial charge on any atom is 0.348 e. The highest BCUT2D eigenvalue weighted by Crippen LogP contribution is 2.36. The van der Waals surface area contributed by atoms with Crippen LogP contribution in [0.2, 0.25) is 0 Å². The van der Waals surface area contributed by atoms with E-state index in [0.29, 0.717) is 19.4 Å². The molecule has 0 heterocycles. The molecule has 1 aliphatic rings. The number of hydrogen-bond acceptors (Lipinski definition) is 4. The van der Waals surface area contributed by atoms with Gasteiger partial charge in [-0.25, -0.2) is 4.79 Å². The van der Waals surface area contributed by atoms with Crippen molar-refractivity contribution in [1.82, 2.24) is 0 Å². The Balaban J connectivity index is 2.03. The van der Waals surface area contributed by atoms with Gasteiger partial charge in [0.2, 0.25) is 5.60 Å². The molecule has 0 unspecified atom stereocenters. The molecule has 0 bridgehead atoms. The summed E-state index contributed by atoms with van der Waals surface area (Å²) in [5, 5.41) is 10.2. The molecular weight excluding hydrogens is 328 g/mol. The van der Waals surface area contributed by atoms with Gasteiger partial charge < -0.3 is 14.6 Å². The summed E-state index contributed by atoms with van der Waals surface area (Å²) in [6.45, 7) is 2.22. The van der Waals surface area contributed by atoms with Crippen molar-refractivity contribution in [1.29, 1.82) is 0 Å². The Morgan fingerprint density at radius 3 is 2.04 bits per heavy atom. The molecule has 1 N–H and O–H groups in total. The van der Waals surface area contributed by atoms with Crippen LogP contribution in [0.3, 0.4) is 0 Å². The molecule has 0 aliphatic heterocycles. The first kappa shape index (κ1) is 18.6. The van der Waals surface area contributed by atoms with Crippen molar-refractivity contribution in [3.8, 4) is 0 Å². The van der Waals surface area contributed by atoms with Gasteiger partial charge in [-0.3, -0.25) is 0 Å². The van der Waals surface area contributed by atoms with Gasteiger partial charge in [0.25, 0.3) is 0 Å². The molecule has 2 atom stereocenters. The number of hydrogen-bond donors (Lipinski definition) is 1. The van der Waals surface area contributed by atoms with Gasteiger partial charge in [-0.1, -0.05) is 67.1 Å². The van der Waals surface area contributed by atoms with Crippen molar-refractivity contribution >= 4 is 5.97 Å². The molecule has 0 aromatic heterocycles. The van der Waals surface area contributed by atoms with Crippen LogP contribution in [-0.4, -0.2) is 29.9 Å². The largest absolute Gasteiger partial charge is 0.457 e. The Morgan fingerprint density at radius 2 is 1.54 bits per heavy atom. The van der Waals surface area contributed by atoms with E-state index in [1.54, 1.807) is 0 Å². The second-order valence-corrected chi connectivity index (χ2v) is 6.64. The van der Waals surface area contributed by atoms with Crippen LogP contribution in [0.25, 0.3) is 0 Å². The minimum absolute atomic E-state index is 0.353. The lowest BCUT2D eigenvalue weighted by Gasteiger charge is -2.35. The average molecular weight is 354 g/mol. The molecule has 1 fully saturated rings. The molecule has 0 amide bonds. The third-order valence-electron chi connectivity index (χ3n) is 4.94. The molecule has 1 saturated carbocycles. The molecule has 138 valence electrons. The summed E-state index contributed by atoms with van der Waals surface area (Å²) in [5.41, 5.74) is 0.112. The zero-order valence-electron chi connectivity index (χ0n) is 15.1. The summed E-state index contributed by atoms with van der Waals surface area (Å²) < 4.78 is 11.9. The molecule has 26 heavy (non-hydrogen) atoms. The summed E-state index contributed by atoms with van der Waals surface area (Å²) in [6, 6.07) is 18.8. The Hall–Kier alpha value is -2.17. The molecule has 0 spiro atoms. The van der Waals surface area contributed by atoms with Gasteiger partial charge in [-0.15, -0.1) is 0 Å². The maximum atomic E-state index is 13.4. The first-order chi connectivity index (χ1) is 12.7. The van der Waals surface area contributed by atoms with Gasteiger partial charge in [-0.05, 0) is 37.3 Å². The van der Waals surface area contributed by atoms with Crippen molar-refractivity contribution in [2.75, 3.05) is 6.61 Å². The normalized spacial score (nSPS) is 20.5. The van der Waals surface area contributed by atoms with E-state index in [4.69, 9.17) is 9.47 Å². The van der Waals surface area contributed by atoms with Crippen LogP contribution in [0.15, 0.2) is 60.7 Å². The quantitative estimate of drug-likeness (QED) is 0.802. The fraction of sp³-hybridized carbons (Fsp3) is 0.409. The first-order valence-corrected chi connectivity index (χ1v) is 9.32. The Bertz CT molecular complexity index is 659. The number of rotatable bonds is 6. The predicted octanol–water partition coefficient (Wildman–Crippen LogP) is 3.81. The van der Waals surface area contributed by atoms with Gasteiger partial charge in [-0.2, -0.15) is 0 Å². The lowest BCUT2D eigenvalue weighted by Crippen LogP contribution is -2.45. The minimum atomic E-state index is -1.34. The monoisotopic (exact) mass is 354 g/mol. The van der Waals surface area contributed by atoms with Crippen LogP contribution in [0.5, 0.6) is 0 Å². The van der Waals surface area contributed by atoms with E-state index in [-0.39, 0.29) is 0 Å². The topological polar surface area (TPSA) is 55.8 Å². The zero-order valence-corrected chi connectivity index (χ0v) is 15.1. The number of aliphatic hydroxyl groups excluding tert-OH is 1. The lowest BCUT2D eigenvalue weighted by atomic mass is 9.85. The Labute approximate surface area is 154 Å². The molecule has 2 aromatic carbocycles. The van der Waals surface area contributed by atoms with Gasteiger partial charge in [0.15, 0.2) is 0 Å². The molecule has 0 saturated heterocycles. The van der Waals surface area contributed by atoms with E-state index in [2.05, 4.69) is 0 Å². The zero-order chi connectivity index (χ0) is 18.4. The van der Waals surface area contributed by atoms with Gasteiger partial charge in [0.1, 0.15) is 6.10 Å². The third-order valence-corrected chi connectivity index (χ3v) is 4.94.